The Hall–Kier alpha value is -2.47. The van der Waals surface area contributed by atoms with Gasteiger partial charge < -0.3 is 15.6 Å². The third-order valence-electron chi connectivity index (χ3n) is 3.48. The van der Waals surface area contributed by atoms with Gasteiger partial charge in [0, 0.05) is 35.4 Å². The molecule has 6 heteroatoms. The molecule has 0 saturated heterocycles. The van der Waals surface area contributed by atoms with Crippen LogP contribution >= 0.6 is 12.2 Å². The van der Waals surface area contributed by atoms with Crippen LogP contribution in [0, 0.1) is 11.6 Å². The largest absolute Gasteiger partial charge is 0.362 e. The molecule has 0 atom stereocenters. The maximum absolute atomic E-state index is 13.1. The highest BCUT2D eigenvalue weighted by molar-refractivity contribution is 7.80. The molecule has 3 aromatic rings. The molecule has 2 aromatic carbocycles. The standard InChI is InChI=1S/C17H15F2N3S/c18-12-7-13(19)9-14(8-12)22-17(23)20-6-5-11-10-21-16-4-2-1-3-15(11)16/h1-4,7-10,21H,5-6H2,(H2,20,22,23). The number of fused-ring (bicyclic) bond motifs is 1. The number of nitrogens with one attached hydrogen (secondary N) is 3. The van der Waals surface area contributed by atoms with Gasteiger partial charge in [-0.15, -0.1) is 0 Å². The molecule has 0 saturated carbocycles. The van der Waals surface area contributed by atoms with Crippen LogP contribution in [0.15, 0.2) is 48.7 Å². The molecular formula is C17H15F2N3S. The van der Waals surface area contributed by atoms with Crippen LogP contribution in [0.2, 0.25) is 0 Å². The second kappa shape index (κ2) is 6.75. The van der Waals surface area contributed by atoms with Crippen molar-refractivity contribution in [1.29, 1.82) is 0 Å². The molecule has 3 nitrogen and oxygen atoms in total. The number of para-hydroxylation sites is 1. The van der Waals surface area contributed by atoms with Crippen molar-refractivity contribution in [2.75, 3.05) is 11.9 Å². The Morgan fingerprint density at radius 2 is 1.83 bits per heavy atom. The van der Waals surface area contributed by atoms with Crippen LogP contribution in [0.4, 0.5) is 14.5 Å². The molecule has 3 rings (SSSR count). The average Bonchev–Trinajstić information content (AvgIpc) is 2.90. The van der Waals surface area contributed by atoms with Gasteiger partial charge in [0.2, 0.25) is 0 Å². The number of H-pyrrole nitrogens is 1. The zero-order valence-electron chi connectivity index (χ0n) is 12.2. The zero-order valence-corrected chi connectivity index (χ0v) is 13.0. The van der Waals surface area contributed by atoms with Crippen LogP contribution in [-0.4, -0.2) is 16.6 Å². The topological polar surface area (TPSA) is 39.8 Å². The molecule has 0 aliphatic rings. The summed E-state index contributed by atoms with van der Waals surface area (Å²) in [5, 5.41) is 7.32. The van der Waals surface area contributed by atoms with E-state index in [-0.39, 0.29) is 5.69 Å². The summed E-state index contributed by atoms with van der Waals surface area (Å²) in [6.45, 7) is 0.617. The first-order valence-electron chi connectivity index (χ1n) is 7.18. The van der Waals surface area contributed by atoms with Gasteiger partial charge >= 0.3 is 0 Å². The first-order chi connectivity index (χ1) is 11.1. The van der Waals surface area contributed by atoms with E-state index in [4.69, 9.17) is 12.2 Å². The number of aromatic nitrogens is 1. The van der Waals surface area contributed by atoms with Crippen molar-refractivity contribution in [3.63, 3.8) is 0 Å². The SMILES string of the molecule is Fc1cc(F)cc(NC(=S)NCCc2c[nH]c3ccccc23)c1. The van der Waals surface area contributed by atoms with E-state index in [2.05, 4.69) is 21.7 Å². The van der Waals surface area contributed by atoms with Crippen molar-refractivity contribution in [3.8, 4) is 0 Å². The molecule has 3 N–H and O–H groups in total. The fourth-order valence-corrected chi connectivity index (χ4v) is 2.67. The number of anilines is 1. The molecule has 0 spiro atoms. The zero-order chi connectivity index (χ0) is 16.2. The normalized spacial score (nSPS) is 10.7. The van der Waals surface area contributed by atoms with Gasteiger partial charge in [-0.25, -0.2) is 8.78 Å². The lowest BCUT2D eigenvalue weighted by Crippen LogP contribution is -2.30. The molecule has 0 aliphatic heterocycles. The van der Waals surface area contributed by atoms with Crippen molar-refractivity contribution in [1.82, 2.24) is 10.3 Å². The molecular weight excluding hydrogens is 316 g/mol. The first-order valence-corrected chi connectivity index (χ1v) is 7.58. The van der Waals surface area contributed by atoms with E-state index < -0.39 is 11.6 Å². The van der Waals surface area contributed by atoms with Crippen LogP contribution in [-0.2, 0) is 6.42 Å². The summed E-state index contributed by atoms with van der Waals surface area (Å²) in [6, 6.07) is 11.3. The van der Waals surface area contributed by atoms with Gasteiger partial charge in [0.15, 0.2) is 5.11 Å². The Labute approximate surface area is 137 Å². The predicted octanol–water partition coefficient (Wildman–Crippen LogP) is 3.98. The number of halogens is 2. The van der Waals surface area contributed by atoms with Gasteiger partial charge in [0.1, 0.15) is 11.6 Å². The Kier molecular flexibility index (Phi) is 4.52. The molecule has 0 unspecified atom stereocenters. The summed E-state index contributed by atoms with van der Waals surface area (Å²) >= 11 is 5.14. The van der Waals surface area contributed by atoms with E-state index in [1.165, 1.54) is 23.1 Å². The molecule has 0 aliphatic carbocycles. The number of aromatic amines is 1. The second-order valence-electron chi connectivity index (χ2n) is 5.15. The maximum atomic E-state index is 13.1. The van der Waals surface area contributed by atoms with Gasteiger partial charge in [-0.05, 0) is 42.4 Å². The number of rotatable bonds is 4. The van der Waals surface area contributed by atoms with Crippen LogP contribution in [0.25, 0.3) is 10.9 Å². The summed E-state index contributed by atoms with van der Waals surface area (Å²) in [6.07, 6.45) is 2.76. The highest BCUT2D eigenvalue weighted by Gasteiger charge is 2.05. The fraction of sp³-hybridized carbons (Fsp3) is 0.118. The molecule has 1 heterocycles. The van der Waals surface area contributed by atoms with Gasteiger partial charge in [0.25, 0.3) is 0 Å². The third-order valence-corrected chi connectivity index (χ3v) is 3.72. The summed E-state index contributed by atoms with van der Waals surface area (Å²) in [5.74, 6) is -1.29. The molecule has 0 radical (unpaired) electrons. The van der Waals surface area contributed by atoms with E-state index in [0.29, 0.717) is 11.7 Å². The van der Waals surface area contributed by atoms with Crippen LogP contribution < -0.4 is 10.6 Å². The predicted molar refractivity (Wildman–Crippen MR) is 92.6 cm³/mol. The summed E-state index contributed by atoms with van der Waals surface area (Å²) < 4.78 is 26.2. The van der Waals surface area contributed by atoms with Gasteiger partial charge in [-0.2, -0.15) is 0 Å². The lowest BCUT2D eigenvalue weighted by atomic mass is 10.1. The fourth-order valence-electron chi connectivity index (χ4n) is 2.45. The average molecular weight is 331 g/mol. The summed E-state index contributed by atoms with van der Waals surface area (Å²) in [5.41, 5.74) is 2.57. The van der Waals surface area contributed by atoms with Crippen LogP contribution in [0.1, 0.15) is 5.56 Å². The first kappa shape index (κ1) is 15.4. The Balaban J connectivity index is 1.55. The van der Waals surface area contributed by atoms with Crippen molar-refractivity contribution in [2.45, 2.75) is 6.42 Å². The summed E-state index contributed by atoms with van der Waals surface area (Å²) in [4.78, 5) is 3.22. The van der Waals surface area contributed by atoms with E-state index in [0.717, 1.165) is 18.0 Å². The number of hydrogen-bond donors (Lipinski definition) is 3. The minimum absolute atomic E-state index is 0.284. The molecule has 0 bridgehead atoms. The highest BCUT2D eigenvalue weighted by atomic mass is 32.1. The van der Waals surface area contributed by atoms with E-state index >= 15 is 0 Å². The van der Waals surface area contributed by atoms with Crippen molar-refractivity contribution >= 4 is 33.9 Å². The Morgan fingerprint density at radius 1 is 1.09 bits per heavy atom. The lowest BCUT2D eigenvalue weighted by Gasteiger charge is -2.10. The van der Waals surface area contributed by atoms with Crippen molar-refractivity contribution in [3.05, 3.63) is 65.9 Å². The van der Waals surface area contributed by atoms with E-state index in [1.807, 2.05) is 24.4 Å². The van der Waals surface area contributed by atoms with Crippen molar-refractivity contribution in [2.24, 2.45) is 0 Å². The molecule has 1 aromatic heterocycles. The molecule has 118 valence electrons. The minimum atomic E-state index is -0.644. The van der Waals surface area contributed by atoms with Crippen LogP contribution in [0.3, 0.4) is 0 Å². The number of hydrogen-bond acceptors (Lipinski definition) is 1. The smallest absolute Gasteiger partial charge is 0.170 e. The maximum Gasteiger partial charge on any atom is 0.170 e. The highest BCUT2D eigenvalue weighted by Crippen LogP contribution is 2.17. The lowest BCUT2D eigenvalue weighted by molar-refractivity contribution is 0.584. The van der Waals surface area contributed by atoms with E-state index in [1.54, 1.807) is 0 Å². The quantitative estimate of drug-likeness (QED) is 0.634. The Bertz CT molecular complexity index is 824. The molecule has 0 fully saturated rings. The number of benzene rings is 2. The van der Waals surface area contributed by atoms with Gasteiger partial charge in [0.05, 0.1) is 0 Å². The minimum Gasteiger partial charge on any atom is -0.362 e. The van der Waals surface area contributed by atoms with Crippen LogP contribution in [0.5, 0.6) is 0 Å². The monoisotopic (exact) mass is 331 g/mol. The van der Waals surface area contributed by atoms with E-state index in [9.17, 15) is 8.78 Å². The van der Waals surface area contributed by atoms with Gasteiger partial charge in [-0.1, -0.05) is 18.2 Å². The second-order valence-corrected chi connectivity index (χ2v) is 5.56. The van der Waals surface area contributed by atoms with Crippen molar-refractivity contribution < 1.29 is 8.78 Å². The molecule has 0 amide bonds. The Morgan fingerprint density at radius 3 is 2.61 bits per heavy atom. The van der Waals surface area contributed by atoms with Gasteiger partial charge in [-0.3, -0.25) is 0 Å². The summed E-state index contributed by atoms with van der Waals surface area (Å²) in [7, 11) is 0. The third kappa shape index (κ3) is 3.84. The molecule has 23 heavy (non-hydrogen) atoms. The number of thiocarbonyl (C=S) groups is 1.